The molecule has 2 heterocycles. The Bertz CT molecular complexity index is 1710. The molecule has 3 aromatic carbocycles. The van der Waals surface area contributed by atoms with E-state index in [4.69, 9.17) is 31.5 Å². The maximum absolute atomic E-state index is 13.4. The number of rotatable bonds is 11. The molecule has 0 saturated carbocycles. The first-order chi connectivity index (χ1) is 20.9. The number of halogens is 1. The van der Waals surface area contributed by atoms with Crippen molar-refractivity contribution in [3.8, 4) is 11.5 Å². The van der Waals surface area contributed by atoms with Gasteiger partial charge in [-0.15, -0.1) is 0 Å². The lowest BCUT2D eigenvalue weighted by molar-refractivity contribution is 0.0414. The van der Waals surface area contributed by atoms with Crippen LogP contribution < -0.4 is 25.4 Å². The van der Waals surface area contributed by atoms with Gasteiger partial charge in [0.25, 0.3) is 0 Å². The molecule has 0 aliphatic heterocycles. The maximum Gasteiger partial charge on any atom is 0.328 e. The quantitative estimate of drug-likeness (QED) is 0.144. The van der Waals surface area contributed by atoms with Gasteiger partial charge in [-0.05, 0) is 35.4 Å². The van der Waals surface area contributed by atoms with Crippen LogP contribution >= 0.6 is 11.6 Å². The number of hydrogen-bond donors (Lipinski definition) is 2. The van der Waals surface area contributed by atoms with E-state index in [1.807, 2.05) is 84.7 Å². The van der Waals surface area contributed by atoms with Gasteiger partial charge in [-0.2, -0.15) is 0 Å². The molecule has 0 fully saturated rings. The van der Waals surface area contributed by atoms with Crippen molar-refractivity contribution in [2.75, 3.05) is 38.4 Å². The average Bonchev–Trinajstić information content (AvgIpc) is 3.45. The zero-order valence-corrected chi connectivity index (χ0v) is 24.9. The molecular formula is C32H33ClN6O4. The van der Waals surface area contributed by atoms with Gasteiger partial charge in [-0.25, -0.2) is 19.3 Å². The molecular weight excluding hydrogens is 568 g/mol. The molecule has 0 aliphatic carbocycles. The van der Waals surface area contributed by atoms with Crippen molar-refractivity contribution in [3.05, 3.63) is 107 Å². The molecule has 1 atom stereocenters. The number of hydrogen-bond acceptors (Lipinski definition) is 8. The van der Waals surface area contributed by atoms with Gasteiger partial charge in [0.05, 0.1) is 26.5 Å². The Morgan fingerprint density at radius 2 is 1.86 bits per heavy atom. The number of nitrogens with zero attached hydrogens (tertiary/aromatic N) is 4. The van der Waals surface area contributed by atoms with Gasteiger partial charge >= 0.3 is 6.03 Å². The van der Waals surface area contributed by atoms with Crippen LogP contribution in [0.15, 0.2) is 85.2 Å². The summed E-state index contributed by atoms with van der Waals surface area (Å²) in [5.41, 5.74) is 11.0. The van der Waals surface area contributed by atoms with Crippen LogP contribution in [0.2, 0.25) is 5.15 Å². The minimum Gasteiger partial charge on any atom is -0.497 e. The topological polar surface area (TPSA) is 117 Å². The van der Waals surface area contributed by atoms with E-state index in [2.05, 4.69) is 15.3 Å². The molecule has 0 radical (unpaired) electrons. The molecule has 0 saturated heterocycles. The van der Waals surface area contributed by atoms with Crippen LogP contribution in [0.5, 0.6) is 11.5 Å². The highest BCUT2D eigenvalue weighted by Crippen LogP contribution is 2.31. The Labute approximate surface area is 255 Å². The highest BCUT2D eigenvalue weighted by molar-refractivity contribution is 6.30. The predicted molar refractivity (Wildman–Crippen MR) is 168 cm³/mol. The number of methoxy groups -OCH3 is 2. The highest BCUT2D eigenvalue weighted by atomic mass is 35.5. The molecule has 0 unspecified atom stereocenters. The molecule has 222 valence electrons. The lowest BCUT2D eigenvalue weighted by Crippen LogP contribution is -2.32. The molecule has 5 rings (SSSR count). The number of fused-ring (bicyclic) bond motifs is 1. The van der Waals surface area contributed by atoms with Crippen molar-refractivity contribution in [1.29, 1.82) is 0 Å². The molecule has 5 aromatic rings. The zero-order chi connectivity index (χ0) is 30.3. The van der Waals surface area contributed by atoms with Crippen molar-refractivity contribution in [2.45, 2.75) is 19.3 Å². The fraction of sp³-hybridized carbons (Fsp3) is 0.219. The van der Waals surface area contributed by atoms with Crippen LogP contribution in [0.1, 0.15) is 22.8 Å². The average molecular weight is 601 g/mol. The van der Waals surface area contributed by atoms with Crippen molar-refractivity contribution in [3.63, 3.8) is 0 Å². The molecule has 0 aliphatic rings. The molecule has 0 bridgehead atoms. The number of nitrogens with two attached hydrogens (primary N) is 1. The van der Waals surface area contributed by atoms with Crippen LogP contribution in [0.25, 0.3) is 11.2 Å². The lowest BCUT2D eigenvalue weighted by atomic mass is 10.1. The van der Waals surface area contributed by atoms with Crippen molar-refractivity contribution in [1.82, 2.24) is 19.9 Å². The standard InChI is InChI=1S/C32H33ClN6O4/c1-38(18-23-12-13-25(41-2)15-27(23)42-3)26-16-29(33)37-31-30(26)36-20-39(31)32(40)35-17-28(22-9-5-4-6-10-22)43-19-21-8-7-11-24(34)14-21/h4-16,20,28H,17-19,34H2,1-3H3,(H,35,40)/t28-/m0/s1. The largest absolute Gasteiger partial charge is 0.497 e. The highest BCUT2D eigenvalue weighted by Gasteiger charge is 2.20. The number of anilines is 2. The molecule has 3 N–H and O–H groups in total. The molecule has 2 aromatic heterocycles. The van der Waals surface area contributed by atoms with E-state index in [9.17, 15) is 4.79 Å². The van der Waals surface area contributed by atoms with Crippen molar-refractivity contribution < 1.29 is 19.0 Å². The third-order valence-corrected chi connectivity index (χ3v) is 7.19. The number of benzene rings is 3. The van der Waals surface area contributed by atoms with Gasteiger partial charge < -0.3 is 30.2 Å². The number of carbonyl (C=O) groups excluding carboxylic acids is 1. The number of amides is 1. The van der Waals surface area contributed by atoms with E-state index >= 15 is 0 Å². The monoisotopic (exact) mass is 600 g/mol. The van der Waals surface area contributed by atoms with Gasteiger partial charge in [-0.1, -0.05) is 54.1 Å². The first kappa shape index (κ1) is 29.7. The maximum atomic E-state index is 13.4. The first-order valence-corrected chi connectivity index (χ1v) is 14.0. The minimum absolute atomic E-state index is 0.218. The summed E-state index contributed by atoms with van der Waals surface area (Å²) in [6.45, 7) is 1.04. The summed E-state index contributed by atoms with van der Waals surface area (Å²) >= 11 is 6.44. The van der Waals surface area contributed by atoms with E-state index < -0.39 is 12.1 Å². The second-order valence-electron chi connectivity index (χ2n) is 9.93. The number of carbonyl (C=O) groups is 1. The molecule has 43 heavy (non-hydrogen) atoms. The number of nitrogens with one attached hydrogen (secondary N) is 1. The van der Waals surface area contributed by atoms with Gasteiger partial charge in [0, 0.05) is 43.5 Å². The summed E-state index contributed by atoms with van der Waals surface area (Å²) in [6, 6.07) is 24.2. The van der Waals surface area contributed by atoms with Crippen molar-refractivity contribution >= 4 is 40.2 Å². The summed E-state index contributed by atoms with van der Waals surface area (Å²) in [5, 5.41) is 3.20. The van der Waals surface area contributed by atoms with Crippen LogP contribution in [0, 0.1) is 0 Å². The van der Waals surface area contributed by atoms with E-state index in [1.165, 1.54) is 10.9 Å². The van der Waals surface area contributed by atoms with Crippen molar-refractivity contribution in [2.24, 2.45) is 0 Å². The smallest absolute Gasteiger partial charge is 0.328 e. The Morgan fingerprint density at radius 3 is 2.60 bits per heavy atom. The SMILES string of the molecule is COc1ccc(CN(C)c2cc(Cl)nc3c2ncn3C(=O)NC[C@H](OCc2cccc(N)c2)c2ccccc2)c(OC)c1. The van der Waals surface area contributed by atoms with E-state index in [0.29, 0.717) is 47.2 Å². The van der Waals surface area contributed by atoms with Crippen LogP contribution in [0.3, 0.4) is 0 Å². The summed E-state index contributed by atoms with van der Waals surface area (Å²) in [5.74, 6) is 1.39. The first-order valence-electron chi connectivity index (χ1n) is 13.6. The number of ether oxygens (including phenoxy) is 3. The van der Waals surface area contributed by atoms with Gasteiger partial charge in [0.1, 0.15) is 34.6 Å². The van der Waals surface area contributed by atoms with E-state index in [-0.39, 0.29) is 11.7 Å². The molecule has 11 heteroatoms. The Kier molecular flexibility index (Phi) is 9.29. The van der Waals surface area contributed by atoms with Crippen LogP contribution in [0.4, 0.5) is 16.2 Å². The number of aromatic nitrogens is 3. The van der Waals surface area contributed by atoms with Crippen LogP contribution in [-0.2, 0) is 17.9 Å². The van der Waals surface area contributed by atoms with E-state index in [1.54, 1.807) is 20.3 Å². The summed E-state index contributed by atoms with van der Waals surface area (Å²) in [7, 11) is 5.14. The summed E-state index contributed by atoms with van der Waals surface area (Å²) in [6.07, 6.45) is 1.04. The second kappa shape index (κ2) is 13.5. The normalized spacial score (nSPS) is 11.7. The van der Waals surface area contributed by atoms with Gasteiger partial charge in [-0.3, -0.25) is 0 Å². The third-order valence-electron chi connectivity index (χ3n) is 7.00. The Morgan fingerprint density at radius 1 is 1.05 bits per heavy atom. The summed E-state index contributed by atoms with van der Waals surface area (Å²) in [4.78, 5) is 24.3. The van der Waals surface area contributed by atoms with Gasteiger partial charge in [0.2, 0.25) is 0 Å². The zero-order valence-electron chi connectivity index (χ0n) is 24.2. The van der Waals surface area contributed by atoms with Gasteiger partial charge in [0.15, 0.2) is 5.65 Å². The molecule has 10 nitrogen and oxygen atoms in total. The Balaban J connectivity index is 1.34. The predicted octanol–water partition coefficient (Wildman–Crippen LogP) is 5.84. The molecule has 0 spiro atoms. The molecule has 1 amide bonds. The summed E-state index contributed by atoms with van der Waals surface area (Å²) < 4.78 is 18.5. The number of pyridine rings is 1. The lowest BCUT2D eigenvalue weighted by Gasteiger charge is -2.22. The number of imidazole rings is 1. The van der Waals surface area contributed by atoms with Crippen LogP contribution in [-0.4, -0.2) is 48.4 Å². The minimum atomic E-state index is -0.406. The fourth-order valence-corrected chi connectivity index (χ4v) is 4.98. The van der Waals surface area contributed by atoms with E-state index in [0.717, 1.165) is 16.7 Å². The second-order valence-corrected chi connectivity index (χ2v) is 10.3. The third kappa shape index (κ3) is 6.99. The fourth-order valence-electron chi connectivity index (χ4n) is 4.79. The Hall–Kier alpha value is -4.80. The number of nitrogen functional groups attached to an aromatic ring is 1.